The van der Waals surface area contributed by atoms with E-state index >= 15 is 0 Å². The molecular formula is C11H10FN. The zero-order valence-electron chi connectivity index (χ0n) is 7.42. The molecule has 1 aromatic rings. The topological polar surface area (TPSA) is 23.8 Å². The molecule has 66 valence electrons. The first kappa shape index (κ1) is 9.47. The highest BCUT2D eigenvalue weighted by Gasteiger charge is 1.99. The molecule has 0 amide bonds. The van der Waals surface area contributed by atoms with Crippen molar-refractivity contribution in [3.8, 4) is 6.07 Å². The summed E-state index contributed by atoms with van der Waals surface area (Å²) in [5.41, 5.74) is 1.45. The average molecular weight is 175 g/mol. The Balaban J connectivity index is 2.94. The summed E-state index contributed by atoms with van der Waals surface area (Å²) in [4.78, 5) is 0. The highest BCUT2D eigenvalue weighted by Crippen LogP contribution is 2.14. The number of allylic oxidation sites excluding steroid dienone is 1. The monoisotopic (exact) mass is 175 g/mol. The fraction of sp³-hybridized carbons (Fsp3) is 0.182. The van der Waals surface area contributed by atoms with Crippen LogP contribution in [0, 0.1) is 24.1 Å². The maximum Gasteiger partial charge on any atom is 0.130 e. The Morgan fingerprint density at radius 1 is 1.54 bits per heavy atom. The van der Waals surface area contributed by atoms with Crippen molar-refractivity contribution >= 4 is 6.08 Å². The van der Waals surface area contributed by atoms with Crippen LogP contribution in [0.3, 0.4) is 0 Å². The Bertz CT molecular complexity index is 341. The van der Waals surface area contributed by atoms with Crippen LogP contribution in [0.1, 0.15) is 17.5 Å². The number of nitriles is 1. The van der Waals surface area contributed by atoms with Crippen molar-refractivity contribution in [3.63, 3.8) is 0 Å². The molecular weight excluding hydrogens is 165 g/mol. The first-order valence-corrected chi connectivity index (χ1v) is 4.04. The molecule has 0 saturated carbocycles. The molecule has 0 heterocycles. The number of rotatable bonds is 2. The van der Waals surface area contributed by atoms with E-state index in [2.05, 4.69) is 0 Å². The van der Waals surface area contributed by atoms with Crippen LogP contribution in [0.5, 0.6) is 0 Å². The van der Waals surface area contributed by atoms with E-state index in [0.29, 0.717) is 12.0 Å². The summed E-state index contributed by atoms with van der Waals surface area (Å²) in [5, 5.41) is 8.29. The summed E-state index contributed by atoms with van der Waals surface area (Å²) in [6, 6.07) is 6.90. The van der Waals surface area contributed by atoms with Gasteiger partial charge in [-0.2, -0.15) is 5.26 Å². The lowest BCUT2D eigenvalue weighted by atomic mass is 10.1. The van der Waals surface area contributed by atoms with Gasteiger partial charge in [0.2, 0.25) is 0 Å². The smallest absolute Gasteiger partial charge is 0.130 e. The highest BCUT2D eigenvalue weighted by atomic mass is 19.1. The van der Waals surface area contributed by atoms with Gasteiger partial charge in [0, 0.05) is 5.56 Å². The second-order valence-electron chi connectivity index (χ2n) is 2.74. The molecule has 13 heavy (non-hydrogen) atoms. The minimum Gasteiger partial charge on any atom is -0.206 e. The van der Waals surface area contributed by atoms with Crippen LogP contribution in [-0.4, -0.2) is 0 Å². The fourth-order valence-electron chi connectivity index (χ4n) is 1.09. The Morgan fingerprint density at radius 2 is 2.31 bits per heavy atom. The van der Waals surface area contributed by atoms with E-state index in [1.807, 2.05) is 19.1 Å². The van der Waals surface area contributed by atoms with E-state index in [1.54, 1.807) is 18.2 Å². The zero-order valence-corrected chi connectivity index (χ0v) is 7.42. The van der Waals surface area contributed by atoms with E-state index in [9.17, 15) is 4.39 Å². The van der Waals surface area contributed by atoms with E-state index in [0.717, 1.165) is 5.56 Å². The normalized spacial score (nSPS) is 10.2. The van der Waals surface area contributed by atoms with Crippen molar-refractivity contribution in [1.82, 2.24) is 0 Å². The highest BCUT2D eigenvalue weighted by molar-refractivity contribution is 5.54. The molecule has 0 aliphatic carbocycles. The van der Waals surface area contributed by atoms with Crippen molar-refractivity contribution in [2.75, 3.05) is 0 Å². The Hall–Kier alpha value is -1.62. The lowest BCUT2D eigenvalue weighted by molar-refractivity contribution is 0.623. The molecule has 0 fully saturated rings. The summed E-state index contributed by atoms with van der Waals surface area (Å²) >= 11 is 0. The van der Waals surface area contributed by atoms with Gasteiger partial charge in [-0.15, -0.1) is 0 Å². The average Bonchev–Trinajstić information content (AvgIpc) is 2.10. The quantitative estimate of drug-likeness (QED) is 0.677. The SMILES string of the molecule is Cc1cccc(F)c1C=CCC#N. The number of hydrogen-bond acceptors (Lipinski definition) is 1. The van der Waals surface area contributed by atoms with Gasteiger partial charge < -0.3 is 0 Å². The summed E-state index contributed by atoms with van der Waals surface area (Å²) < 4.78 is 13.1. The third kappa shape index (κ3) is 2.41. The van der Waals surface area contributed by atoms with Gasteiger partial charge in [-0.25, -0.2) is 4.39 Å². The predicted octanol–water partition coefficient (Wildman–Crippen LogP) is 3.06. The van der Waals surface area contributed by atoms with Crippen LogP contribution < -0.4 is 0 Å². The number of halogens is 1. The Kier molecular flexibility index (Phi) is 3.22. The zero-order chi connectivity index (χ0) is 9.68. The summed E-state index contributed by atoms with van der Waals surface area (Å²) in [5.74, 6) is -0.241. The molecule has 0 saturated heterocycles. The van der Waals surface area contributed by atoms with Crippen molar-refractivity contribution in [2.24, 2.45) is 0 Å². The van der Waals surface area contributed by atoms with E-state index in [4.69, 9.17) is 5.26 Å². The molecule has 0 aromatic heterocycles. The van der Waals surface area contributed by atoms with Crippen LogP contribution in [0.25, 0.3) is 6.08 Å². The second-order valence-corrected chi connectivity index (χ2v) is 2.74. The molecule has 0 spiro atoms. The summed E-state index contributed by atoms with van der Waals surface area (Å²) in [6.45, 7) is 1.84. The molecule has 1 nitrogen and oxygen atoms in total. The van der Waals surface area contributed by atoms with Crippen molar-refractivity contribution in [2.45, 2.75) is 13.3 Å². The number of benzene rings is 1. The Morgan fingerprint density at radius 3 is 2.92 bits per heavy atom. The Labute approximate surface area is 77.1 Å². The second kappa shape index (κ2) is 4.42. The molecule has 0 aliphatic heterocycles. The first-order chi connectivity index (χ1) is 6.25. The van der Waals surface area contributed by atoms with Crippen LogP contribution in [0.2, 0.25) is 0 Å². The van der Waals surface area contributed by atoms with Crippen LogP contribution in [0.15, 0.2) is 24.3 Å². The third-order valence-electron chi connectivity index (χ3n) is 1.76. The molecule has 0 radical (unpaired) electrons. The first-order valence-electron chi connectivity index (χ1n) is 4.04. The third-order valence-corrected chi connectivity index (χ3v) is 1.76. The minimum atomic E-state index is -0.241. The molecule has 1 aromatic carbocycles. The van der Waals surface area contributed by atoms with Gasteiger partial charge in [0.25, 0.3) is 0 Å². The molecule has 2 heteroatoms. The maximum absolute atomic E-state index is 13.1. The summed E-state index contributed by atoms with van der Waals surface area (Å²) in [6.07, 6.45) is 3.62. The van der Waals surface area contributed by atoms with Gasteiger partial charge in [-0.1, -0.05) is 24.3 Å². The van der Waals surface area contributed by atoms with Crippen molar-refractivity contribution in [3.05, 3.63) is 41.2 Å². The van der Waals surface area contributed by atoms with Gasteiger partial charge in [0.15, 0.2) is 0 Å². The predicted molar refractivity (Wildman–Crippen MR) is 50.4 cm³/mol. The minimum absolute atomic E-state index is 0.241. The molecule has 0 N–H and O–H groups in total. The standard InChI is InChI=1S/C11H10FN/c1-9-5-4-7-11(12)10(9)6-2-3-8-13/h2,4-7H,3H2,1H3. The van der Waals surface area contributed by atoms with Crippen molar-refractivity contribution in [1.29, 1.82) is 5.26 Å². The number of hydrogen-bond donors (Lipinski definition) is 0. The maximum atomic E-state index is 13.1. The van der Waals surface area contributed by atoms with Crippen molar-refractivity contribution < 1.29 is 4.39 Å². The fourth-order valence-corrected chi connectivity index (χ4v) is 1.09. The van der Waals surface area contributed by atoms with Crippen LogP contribution in [0.4, 0.5) is 4.39 Å². The molecule has 1 rings (SSSR count). The van der Waals surface area contributed by atoms with E-state index in [-0.39, 0.29) is 5.82 Å². The lowest BCUT2D eigenvalue weighted by Crippen LogP contribution is -1.85. The van der Waals surface area contributed by atoms with Crippen LogP contribution in [-0.2, 0) is 0 Å². The van der Waals surface area contributed by atoms with Gasteiger partial charge in [0.1, 0.15) is 5.82 Å². The molecule has 0 bridgehead atoms. The van der Waals surface area contributed by atoms with Gasteiger partial charge in [-0.3, -0.25) is 0 Å². The molecule has 0 atom stereocenters. The largest absolute Gasteiger partial charge is 0.206 e. The van der Waals surface area contributed by atoms with Gasteiger partial charge in [0.05, 0.1) is 12.5 Å². The summed E-state index contributed by atoms with van der Waals surface area (Å²) in [7, 11) is 0. The van der Waals surface area contributed by atoms with E-state index < -0.39 is 0 Å². The molecule has 0 unspecified atom stereocenters. The lowest BCUT2D eigenvalue weighted by Gasteiger charge is -2.00. The van der Waals surface area contributed by atoms with Gasteiger partial charge >= 0.3 is 0 Å². The van der Waals surface area contributed by atoms with Crippen LogP contribution >= 0.6 is 0 Å². The number of nitrogens with zero attached hydrogens (tertiary/aromatic N) is 1. The van der Waals surface area contributed by atoms with E-state index in [1.165, 1.54) is 6.07 Å². The number of aryl methyl sites for hydroxylation is 1. The molecule has 0 aliphatic rings. The van der Waals surface area contributed by atoms with Gasteiger partial charge in [-0.05, 0) is 18.6 Å².